The molecule has 3 nitrogen and oxygen atoms in total. The quantitative estimate of drug-likeness (QED) is 0.194. The van der Waals surface area contributed by atoms with Crippen LogP contribution in [0.1, 0.15) is 74.9 Å². The molecule has 6 aromatic rings. The second-order valence-electron chi connectivity index (χ2n) is 14.9. The Morgan fingerprint density at radius 1 is 0.545 bits per heavy atom. The van der Waals surface area contributed by atoms with Gasteiger partial charge in [0, 0.05) is 28.0 Å². The standard InChI is InChI=1S/C41H42N2O/c1-22-14-24(3)30-20-28(22)29-21-31(25(4)15-23(29)2)35-12-11-13-37(42-35)44-36-19-27(41(8,9)10)18-34-33-17-26(40(5,6)7)16-32(30)38(33)43-39(34)36/h11-21,43H,1-10H3. The van der Waals surface area contributed by atoms with E-state index in [9.17, 15) is 0 Å². The molecular formula is C41H42N2O. The van der Waals surface area contributed by atoms with Crippen molar-refractivity contribution in [3.63, 3.8) is 0 Å². The molecule has 0 saturated heterocycles. The first-order valence-corrected chi connectivity index (χ1v) is 15.7. The number of ether oxygens (including phenoxy) is 1. The highest BCUT2D eigenvalue weighted by Gasteiger charge is 2.25. The third-order valence-electron chi connectivity index (χ3n) is 9.45. The minimum atomic E-state index is -0.0612. The molecule has 8 bridgehead atoms. The van der Waals surface area contributed by atoms with Gasteiger partial charge in [0.1, 0.15) is 0 Å². The summed E-state index contributed by atoms with van der Waals surface area (Å²) in [6, 6.07) is 24.8. The number of hydrogen-bond donors (Lipinski definition) is 1. The number of fused-ring (bicyclic) bond motifs is 10. The van der Waals surface area contributed by atoms with E-state index >= 15 is 0 Å². The van der Waals surface area contributed by atoms with Crippen LogP contribution >= 0.6 is 0 Å². The number of nitrogens with zero attached hydrogens (tertiary/aromatic N) is 1. The summed E-state index contributed by atoms with van der Waals surface area (Å²) >= 11 is 0. The van der Waals surface area contributed by atoms with Crippen molar-refractivity contribution in [3.05, 3.63) is 100 Å². The molecule has 0 radical (unpaired) electrons. The lowest BCUT2D eigenvalue weighted by Crippen LogP contribution is -2.11. The van der Waals surface area contributed by atoms with E-state index in [0.29, 0.717) is 5.88 Å². The number of aryl methyl sites for hydroxylation is 4. The van der Waals surface area contributed by atoms with Crippen LogP contribution in [0.25, 0.3) is 55.3 Å². The fourth-order valence-corrected chi connectivity index (χ4v) is 6.82. The SMILES string of the molecule is Cc1cc(C)c2cc1-c1cccc(n1)Oc1cc(C(C)(C)C)cc3c1[nH]c1c(cc(C(C)(C)C)cc13)-c1cc-2c(C)cc1C. The number of aromatic nitrogens is 2. The molecule has 7 rings (SSSR count). The molecule has 0 spiro atoms. The van der Waals surface area contributed by atoms with Crippen LogP contribution in [-0.4, -0.2) is 9.97 Å². The van der Waals surface area contributed by atoms with Crippen molar-refractivity contribution < 1.29 is 4.74 Å². The molecule has 4 aromatic carbocycles. The first-order valence-electron chi connectivity index (χ1n) is 15.7. The van der Waals surface area contributed by atoms with Crippen LogP contribution in [0.5, 0.6) is 11.6 Å². The molecule has 2 aromatic heterocycles. The van der Waals surface area contributed by atoms with E-state index in [2.05, 4.69) is 129 Å². The Bertz CT molecular complexity index is 2150. The minimum absolute atomic E-state index is 0.0252. The number of hydrogen-bond acceptors (Lipinski definition) is 2. The molecule has 0 unspecified atom stereocenters. The van der Waals surface area contributed by atoms with Crippen LogP contribution in [-0.2, 0) is 10.8 Å². The molecule has 0 atom stereocenters. The maximum absolute atomic E-state index is 6.75. The number of pyridine rings is 1. The van der Waals surface area contributed by atoms with Crippen molar-refractivity contribution in [2.75, 3.05) is 0 Å². The van der Waals surface area contributed by atoms with E-state index in [4.69, 9.17) is 9.72 Å². The van der Waals surface area contributed by atoms with E-state index in [1.165, 1.54) is 66.4 Å². The van der Waals surface area contributed by atoms with Crippen molar-refractivity contribution >= 4 is 21.8 Å². The normalized spacial score (nSPS) is 13.0. The lowest BCUT2D eigenvalue weighted by Gasteiger charge is -2.23. The van der Waals surface area contributed by atoms with E-state index in [1.807, 2.05) is 12.1 Å². The van der Waals surface area contributed by atoms with Crippen LogP contribution in [0.2, 0.25) is 0 Å². The largest absolute Gasteiger partial charge is 0.437 e. The van der Waals surface area contributed by atoms with Gasteiger partial charge >= 0.3 is 0 Å². The zero-order valence-electron chi connectivity index (χ0n) is 27.7. The van der Waals surface area contributed by atoms with Crippen molar-refractivity contribution in [1.82, 2.24) is 9.97 Å². The Hall–Kier alpha value is -4.37. The number of H-pyrrole nitrogens is 1. The summed E-state index contributed by atoms with van der Waals surface area (Å²) in [4.78, 5) is 8.95. The fourth-order valence-electron chi connectivity index (χ4n) is 6.82. The second-order valence-corrected chi connectivity index (χ2v) is 14.9. The lowest BCUT2D eigenvalue weighted by molar-refractivity contribution is 0.465. The van der Waals surface area contributed by atoms with E-state index in [-0.39, 0.29) is 10.8 Å². The zero-order chi connectivity index (χ0) is 31.3. The number of nitrogens with one attached hydrogen (secondary N) is 1. The topological polar surface area (TPSA) is 37.9 Å². The number of rotatable bonds is 0. The van der Waals surface area contributed by atoms with Gasteiger partial charge in [0.05, 0.1) is 16.7 Å². The first kappa shape index (κ1) is 28.4. The maximum atomic E-state index is 6.75. The zero-order valence-corrected chi connectivity index (χ0v) is 27.7. The van der Waals surface area contributed by atoms with Crippen molar-refractivity contribution in [2.45, 2.75) is 80.1 Å². The second kappa shape index (κ2) is 9.56. The van der Waals surface area contributed by atoms with E-state index in [0.717, 1.165) is 28.0 Å². The molecule has 0 saturated carbocycles. The van der Waals surface area contributed by atoms with Crippen molar-refractivity contribution in [3.8, 4) is 45.1 Å². The van der Waals surface area contributed by atoms with Gasteiger partial charge in [0.2, 0.25) is 5.88 Å². The van der Waals surface area contributed by atoms with Crippen LogP contribution in [0.4, 0.5) is 0 Å². The Labute approximate surface area is 261 Å². The van der Waals surface area contributed by atoms with Gasteiger partial charge in [0.15, 0.2) is 5.75 Å². The summed E-state index contributed by atoms with van der Waals surface area (Å²) in [7, 11) is 0. The molecular weight excluding hydrogens is 536 g/mol. The van der Waals surface area contributed by atoms with Gasteiger partial charge in [-0.25, -0.2) is 4.98 Å². The molecule has 44 heavy (non-hydrogen) atoms. The summed E-state index contributed by atoms with van der Waals surface area (Å²) in [5.74, 6) is 1.39. The molecule has 0 fully saturated rings. The highest BCUT2D eigenvalue weighted by molar-refractivity contribution is 6.14. The van der Waals surface area contributed by atoms with Crippen molar-refractivity contribution in [1.29, 1.82) is 0 Å². The third kappa shape index (κ3) is 4.53. The summed E-state index contributed by atoms with van der Waals surface area (Å²) in [6.07, 6.45) is 0. The molecule has 3 heteroatoms. The highest BCUT2D eigenvalue weighted by Crippen LogP contribution is 2.45. The predicted octanol–water partition coefficient (Wildman–Crippen LogP) is 11.7. The smallest absolute Gasteiger partial charge is 0.219 e. The monoisotopic (exact) mass is 578 g/mol. The summed E-state index contributed by atoms with van der Waals surface area (Å²) in [6.45, 7) is 22.6. The van der Waals surface area contributed by atoms with E-state index in [1.54, 1.807) is 0 Å². The van der Waals surface area contributed by atoms with Crippen LogP contribution in [0.3, 0.4) is 0 Å². The predicted molar refractivity (Wildman–Crippen MR) is 186 cm³/mol. The Balaban J connectivity index is 1.70. The molecule has 1 aliphatic heterocycles. The van der Waals surface area contributed by atoms with Crippen molar-refractivity contribution in [2.24, 2.45) is 0 Å². The average Bonchev–Trinajstić information content (AvgIpc) is 3.31. The number of aromatic amines is 1. The van der Waals surface area contributed by atoms with Crippen LogP contribution in [0.15, 0.2) is 66.7 Å². The van der Waals surface area contributed by atoms with Gasteiger partial charge in [-0.05, 0) is 131 Å². The summed E-state index contributed by atoms with van der Waals surface area (Å²) < 4.78 is 6.75. The van der Waals surface area contributed by atoms with Crippen LogP contribution in [0, 0.1) is 27.7 Å². The Morgan fingerprint density at radius 3 is 1.68 bits per heavy atom. The van der Waals surface area contributed by atoms with Gasteiger partial charge in [-0.2, -0.15) is 0 Å². The molecule has 1 aliphatic rings. The fraction of sp³-hybridized carbons (Fsp3) is 0.293. The van der Waals surface area contributed by atoms with Gasteiger partial charge in [0.25, 0.3) is 0 Å². The molecule has 222 valence electrons. The Morgan fingerprint density at radius 2 is 1.07 bits per heavy atom. The summed E-state index contributed by atoms with van der Waals surface area (Å²) in [5, 5.41) is 2.41. The van der Waals surface area contributed by atoms with Gasteiger partial charge in [-0.15, -0.1) is 0 Å². The average molecular weight is 579 g/mol. The Kier molecular flexibility index (Phi) is 6.17. The summed E-state index contributed by atoms with van der Waals surface area (Å²) in [5.41, 5.74) is 16.6. The number of benzene rings is 4. The highest BCUT2D eigenvalue weighted by atomic mass is 16.5. The van der Waals surface area contributed by atoms with Crippen LogP contribution < -0.4 is 4.74 Å². The molecule has 0 amide bonds. The van der Waals surface area contributed by atoms with Gasteiger partial charge in [-0.3, -0.25) is 0 Å². The lowest BCUT2D eigenvalue weighted by atomic mass is 9.82. The first-order chi connectivity index (χ1) is 20.7. The molecule has 3 heterocycles. The third-order valence-corrected chi connectivity index (χ3v) is 9.45. The molecule has 1 N–H and O–H groups in total. The minimum Gasteiger partial charge on any atom is -0.437 e. The maximum Gasteiger partial charge on any atom is 0.219 e. The molecule has 0 aliphatic carbocycles. The van der Waals surface area contributed by atoms with Gasteiger partial charge in [-0.1, -0.05) is 59.7 Å². The van der Waals surface area contributed by atoms with E-state index < -0.39 is 0 Å². The van der Waals surface area contributed by atoms with Gasteiger partial charge < -0.3 is 9.72 Å².